The Labute approximate surface area is 114 Å². The van der Waals surface area contributed by atoms with Gasteiger partial charge >= 0.3 is 0 Å². The van der Waals surface area contributed by atoms with Gasteiger partial charge in [0.25, 0.3) is 0 Å². The second-order valence-corrected chi connectivity index (χ2v) is 7.29. The summed E-state index contributed by atoms with van der Waals surface area (Å²) < 4.78 is 0. The van der Waals surface area contributed by atoms with E-state index in [1.54, 1.807) is 0 Å². The minimum absolute atomic E-state index is 0.0965. The lowest BCUT2D eigenvalue weighted by molar-refractivity contribution is -0.129. The summed E-state index contributed by atoms with van der Waals surface area (Å²) >= 11 is 0. The van der Waals surface area contributed by atoms with Crippen LogP contribution in [0.3, 0.4) is 0 Å². The van der Waals surface area contributed by atoms with Crippen molar-refractivity contribution < 1.29 is 9.59 Å². The first-order chi connectivity index (χ1) is 8.94. The summed E-state index contributed by atoms with van der Waals surface area (Å²) in [7, 11) is 0. The number of nitrogens with one attached hydrogen (secondary N) is 1. The van der Waals surface area contributed by atoms with Crippen molar-refractivity contribution in [2.75, 3.05) is 6.54 Å². The highest BCUT2D eigenvalue weighted by Crippen LogP contribution is 2.37. The molecular weight excluding hydrogens is 240 g/mol. The third kappa shape index (κ3) is 2.77. The van der Waals surface area contributed by atoms with Gasteiger partial charge in [0.05, 0.1) is 5.92 Å². The first-order valence-corrected chi connectivity index (χ1v) is 7.54. The zero-order valence-corrected chi connectivity index (χ0v) is 11.9. The van der Waals surface area contributed by atoms with Crippen LogP contribution in [0.1, 0.15) is 52.4 Å². The fourth-order valence-corrected chi connectivity index (χ4v) is 3.52. The zero-order valence-electron chi connectivity index (χ0n) is 11.9. The number of nitrogens with zero attached hydrogens (tertiary/aromatic N) is 1. The van der Waals surface area contributed by atoms with Gasteiger partial charge in [-0.15, -0.1) is 0 Å². The highest BCUT2D eigenvalue weighted by atomic mass is 16.2. The molecule has 3 aliphatic rings. The van der Waals surface area contributed by atoms with Gasteiger partial charge in [0.2, 0.25) is 11.8 Å². The van der Waals surface area contributed by atoms with Gasteiger partial charge in [-0.3, -0.25) is 9.59 Å². The van der Waals surface area contributed by atoms with Crippen LogP contribution in [0.25, 0.3) is 0 Å². The Morgan fingerprint density at radius 2 is 2.05 bits per heavy atom. The molecule has 0 radical (unpaired) electrons. The van der Waals surface area contributed by atoms with Crippen molar-refractivity contribution in [2.24, 2.45) is 11.3 Å². The number of hydrogen-bond acceptors (Lipinski definition) is 2. The Kier molecular flexibility index (Phi) is 3.06. The monoisotopic (exact) mass is 264 g/mol. The highest BCUT2D eigenvalue weighted by molar-refractivity contribution is 5.89. The Morgan fingerprint density at radius 1 is 1.32 bits per heavy atom. The van der Waals surface area contributed by atoms with Crippen molar-refractivity contribution in [1.29, 1.82) is 0 Å². The third-order valence-corrected chi connectivity index (χ3v) is 4.83. The van der Waals surface area contributed by atoms with E-state index < -0.39 is 0 Å². The summed E-state index contributed by atoms with van der Waals surface area (Å²) in [5.41, 5.74) is 0.351. The molecule has 0 bridgehead atoms. The molecule has 2 saturated carbocycles. The van der Waals surface area contributed by atoms with Gasteiger partial charge in [-0.2, -0.15) is 0 Å². The predicted octanol–water partition coefficient (Wildman–Crippen LogP) is 1.69. The van der Waals surface area contributed by atoms with Crippen LogP contribution in [0.15, 0.2) is 0 Å². The van der Waals surface area contributed by atoms with Crippen molar-refractivity contribution in [2.45, 2.75) is 64.5 Å². The van der Waals surface area contributed by atoms with Crippen molar-refractivity contribution in [3.8, 4) is 0 Å². The normalized spacial score (nSPS) is 33.8. The lowest BCUT2D eigenvalue weighted by Gasteiger charge is -2.19. The van der Waals surface area contributed by atoms with Crippen LogP contribution in [0, 0.1) is 11.3 Å². The Bertz CT molecular complexity index is 401. The average Bonchev–Trinajstić information content (AvgIpc) is 3.01. The molecule has 4 heteroatoms. The fraction of sp³-hybridized carbons (Fsp3) is 0.867. The van der Waals surface area contributed by atoms with Crippen LogP contribution in [0.2, 0.25) is 0 Å². The lowest BCUT2D eigenvalue weighted by Crippen LogP contribution is -2.39. The summed E-state index contributed by atoms with van der Waals surface area (Å²) in [6, 6.07) is 0.753. The average molecular weight is 264 g/mol. The molecule has 1 saturated heterocycles. The van der Waals surface area contributed by atoms with E-state index >= 15 is 0 Å². The SMILES string of the molecule is CC1(C)CCC(NC(=O)C2CC(=O)N(C3CC3)C2)C1. The predicted molar refractivity (Wildman–Crippen MR) is 72.4 cm³/mol. The standard InChI is InChI=1S/C15H24N2O2/c1-15(2)6-5-11(8-15)16-14(19)10-7-13(18)17(9-10)12-3-4-12/h10-12H,3-9H2,1-2H3,(H,16,19). The molecule has 106 valence electrons. The molecule has 0 aromatic rings. The summed E-state index contributed by atoms with van der Waals surface area (Å²) in [6.45, 7) is 5.16. The van der Waals surface area contributed by atoms with E-state index in [9.17, 15) is 9.59 Å². The van der Waals surface area contributed by atoms with E-state index in [1.165, 1.54) is 6.42 Å². The first-order valence-electron chi connectivity index (χ1n) is 7.54. The molecule has 4 nitrogen and oxygen atoms in total. The molecule has 3 rings (SSSR count). The van der Waals surface area contributed by atoms with Crippen LogP contribution in [0.4, 0.5) is 0 Å². The molecule has 2 aliphatic carbocycles. The number of amides is 2. The maximum atomic E-state index is 12.3. The number of hydrogen-bond donors (Lipinski definition) is 1. The van der Waals surface area contributed by atoms with Crippen LogP contribution in [0.5, 0.6) is 0 Å². The van der Waals surface area contributed by atoms with Crippen molar-refractivity contribution >= 4 is 11.8 Å². The number of carbonyl (C=O) groups excluding carboxylic acids is 2. The van der Waals surface area contributed by atoms with Gasteiger partial charge in [-0.25, -0.2) is 0 Å². The summed E-state index contributed by atoms with van der Waals surface area (Å²) in [5, 5.41) is 3.16. The molecule has 3 fully saturated rings. The van der Waals surface area contributed by atoms with Crippen LogP contribution in [-0.4, -0.2) is 35.3 Å². The molecule has 2 amide bonds. The molecule has 0 aromatic heterocycles. The Balaban J connectivity index is 1.52. The Hall–Kier alpha value is -1.06. The smallest absolute Gasteiger partial charge is 0.225 e. The molecule has 1 heterocycles. The zero-order chi connectivity index (χ0) is 13.6. The molecular formula is C15H24N2O2. The number of carbonyl (C=O) groups is 2. The molecule has 2 unspecified atom stereocenters. The molecule has 1 aliphatic heterocycles. The van der Waals surface area contributed by atoms with Gasteiger partial charge in [-0.05, 0) is 37.5 Å². The second-order valence-electron chi connectivity index (χ2n) is 7.29. The number of likely N-dealkylation sites (tertiary alicyclic amines) is 1. The van der Waals surface area contributed by atoms with Crippen LogP contribution < -0.4 is 5.32 Å². The molecule has 2 atom stereocenters. The number of rotatable bonds is 3. The van der Waals surface area contributed by atoms with E-state index in [0.29, 0.717) is 30.5 Å². The van der Waals surface area contributed by atoms with Crippen molar-refractivity contribution in [1.82, 2.24) is 10.2 Å². The summed E-state index contributed by atoms with van der Waals surface area (Å²) in [5.74, 6) is 0.158. The van der Waals surface area contributed by atoms with E-state index in [-0.39, 0.29) is 17.7 Å². The van der Waals surface area contributed by atoms with Gasteiger partial charge < -0.3 is 10.2 Å². The van der Waals surface area contributed by atoms with E-state index in [4.69, 9.17) is 0 Å². The van der Waals surface area contributed by atoms with Crippen molar-refractivity contribution in [3.05, 3.63) is 0 Å². The molecule has 0 aromatic carbocycles. The maximum Gasteiger partial charge on any atom is 0.225 e. The van der Waals surface area contributed by atoms with Gasteiger partial charge in [0.15, 0.2) is 0 Å². The molecule has 0 spiro atoms. The lowest BCUT2D eigenvalue weighted by atomic mass is 9.92. The van der Waals surface area contributed by atoms with Crippen molar-refractivity contribution in [3.63, 3.8) is 0 Å². The minimum atomic E-state index is -0.114. The minimum Gasteiger partial charge on any atom is -0.353 e. The van der Waals surface area contributed by atoms with E-state index in [2.05, 4.69) is 19.2 Å². The highest BCUT2D eigenvalue weighted by Gasteiger charge is 2.42. The fourth-order valence-electron chi connectivity index (χ4n) is 3.52. The molecule has 1 N–H and O–H groups in total. The van der Waals surface area contributed by atoms with Gasteiger partial charge in [-0.1, -0.05) is 13.8 Å². The largest absolute Gasteiger partial charge is 0.353 e. The Morgan fingerprint density at radius 3 is 2.63 bits per heavy atom. The maximum absolute atomic E-state index is 12.3. The van der Waals surface area contributed by atoms with Crippen LogP contribution in [-0.2, 0) is 9.59 Å². The molecule has 19 heavy (non-hydrogen) atoms. The van der Waals surface area contributed by atoms with Gasteiger partial charge in [0, 0.05) is 25.0 Å². The van der Waals surface area contributed by atoms with E-state index in [1.807, 2.05) is 4.90 Å². The summed E-state index contributed by atoms with van der Waals surface area (Å²) in [6.07, 6.45) is 5.97. The quantitative estimate of drug-likeness (QED) is 0.843. The van der Waals surface area contributed by atoms with E-state index in [0.717, 1.165) is 25.7 Å². The summed E-state index contributed by atoms with van der Waals surface area (Å²) in [4.78, 5) is 26.0. The third-order valence-electron chi connectivity index (χ3n) is 4.83. The van der Waals surface area contributed by atoms with Crippen LogP contribution >= 0.6 is 0 Å². The second kappa shape index (κ2) is 4.50. The first kappa shape index (κ1) is 12.9. The van der Waals surface area contributed by atoms with Gasteiger partial charge in [0.1, 0.15) is 0 Å². The topological polar surface area (TPSA) is 49.4 Å².